The van der Waals surface area contributed by atoms with Gasteiger partial charge < -0.3 is 14.4 Å². The molecule has 0 unspecified atom stereocenters. The highest BCUT2D eigenvalue weighted by Gasteiger charge is 2.25. The SMILES string of the molecule is CCOC(=O)C=CC=CC1CCN(C(=O)OC(C)(C)C)CC1. The monoisotopic (exact) mass is 309 g/mol. The molecular weight excluding hydrogens is 282 g/mol. The predicted molar refractivity (Wildman–Crippen MR) is 85.4 cm³/mol. The van der Waals surface area contributed by atoms with E-state index < -0.39 is 5.60 Å². The summed E-state index contributed by atoms with van der Waals surface area (Å²) in [4.78, 5) is 24.8. The molecule has 1 rings (SSSR count). The number of likely N-dealkylation sites (tertiary alicyclic amines) is 1. The van der Waals surface area contributed by atoms with Crippen LogP contribution in [-0.4, -0.2) is 42.3 Å². The second kappa shape index (κ2) is 8.61. The van der Waals surface area contributed by atoms with E-state index in [1.54, 1.807) is 17.9 Å². The molecule has 0 saturated carbocycles. The third kappa shape index (κ3) is 7.29. The maximum Gasteiger partial charge on any atom is 0.410 e. The number of carbonyl (C=O) groups is 2. The molecule has 22 heavy (non-hydrogen) atoms. The van der Waals surface area contributed by atoms with Crippen LogP contribution >= 0.6 is 0 Å². The average molecular weight is 309 g/mol. The lowest BCUT2D eigenvalue weighted by molar-refractivity contribution is -0.137. The number of esters is 1. The highest BCUT2D eigenvalue weighted by atomic mass is 16.6. The summed E-state index contributed by atoms with van der Waals surface area (Å²) in [6.45, 7) is 9.18. The zero-order chi connectivity index (χ0) is 16.6. The van der Waals surface area contributed by atoms with Crippen molar-refractivity contribution >= 4 is 12.1 Å². The van der Waals surface area contributed by atoms with Gasteiger partial charge in [0.25, 0.3) is 0 Å². The van der Waals surface area contributed by atoms with Crippen LogP contribution in [0.4, 0.5) is 4.79 Å². The molecule has 0 N–H and O–H groups in total. The van der Waals surface area contributed by atoms with E-state index in [4.69, 9.17) is 9.47 Å². The maximum atomic E-state index is 11.9. The topological polar surface area (TPSA) is 55.8 Å². The first kappa shape index (κ1) is 18.3. The Hall–Kier alpha value is -1.78. The Labute approximate surface area is 133 Å². The minimum absolute atomic E-state index is 0.239. The summed E-state index contributed by atoms with van der Waals surface area (Å²) in [7, 11) is 0. The van der Waals surface area contributed by atoms with E-state index in [2.05, 4.69) is 6.08 Å². The Balaban J connectivity index is 2.33. The molecular formula is C17H27NO4. The molecule has 0 atom stereocenters. The van der Waals surface area contributed by atoms with Crippen molar-refractivity contribution in [2.45, 2.75) is 46.1 Å². The smallest absolute Gasteiger partial charge is 0.410 e. The molecule has 5 nitrogen and oxygen atoms in total. The molecule has 0 bridgehead atoms. The number of nitrogens with zero attached hydrogens (tertiary/aromatic N) is 1. The van der Waals surface area contributed by atoms with Crippen molar-refractivity contribution in [2.75, 3.05) is 19.7 Å². The second-order valence-corrected chi connectivity index (χ2v) is 6.30. The summed E-state index contributed by atoms with van der Waals surface area (Å²) in [6, 6.07) is 0. The molecule has 1 fully saturated rings. The van der Waals surface area contributed by atoms with Crippen molar-refractivity contribution in [3.05, 3.63) is 24.3 Å². The summed E-state index contributed by atoms with van der Waals surface area (Å²) in [5, 5.41) is 0. The van der Waals surface area contributed by atoms with Gasteiger partial charge in [-0.25, -0.2) is 9.59 Å². The van der Waals surface area contributed by atoms with Crippen molar-refractivity contribution < 1.29 is 19.1 Å². The molecule has 124 valence electrons. The molecule has 1 saturated heterocycles. The highest BCUT2D eigenvalue weighted by Crippen LogP contribution is 2.20. The fraction of sp³-hybridized carbons (Fsp3) is 0.647. The molecule has 1 aliphatic rings. The van der Waals surface area contributed by atoms with Gasteiger partial charge in [-0.3, -0.25) is 0 Å². The first-order chi connectivity index (χ1) is 10.3. The van der Waals surface area contributed by atoms with Gasteiger partial charge in [-0.05, 0) is 46.5 Å². The predicted octanol–water partition coefficient (Wildman–Crippen LogP) is 3.31. The number of amides is 1. The summed E-state index contributed by atoms with van der Waals surface area (Å²) in [6.07, 6.45) is 8.62. The Morgan fingerprint density at radius 3 is 2.36 bits per heavy atom. The van der Waals surface area contributed by atoms with Crippen molar-refractivity contribution in [1.29, 1.82) is 0 Å². The lowest BCUT2D eigenvalue weighted by Gasteiger charge is -2.32. The van der Waals surface area contributed by atoms with E-state index in [-0.39, 0.29) is 12.1 Å². The van der Waals surface area contributed by atoms with Gasteiger partial charge in [-0.1, -0.05) is 18.2 Å². The largest absolute Gasteiger partial charge is 0.463 e. The number of piperidine rings is 1. The minimum Gasteiger partial charge on any atom is -0.463 e. The van der Waals surface area contributed by atoms with Crippen molar-refractivity contribution in [3.63, 3.8) is 0 Å². The van der Waals surface area contributed by atoms with E-state index in [9.17, 15) is 9.59 Å². The number of hydrogen-bond donors (Lipinski definition) is 0. The van der Waals surface area contributed by atoms with E-state index >= 15 is 0 Å². The number of ether oxygens (including phenoxy) is 2. The minimum atomic E-state index is -0.453. The first-order valence-electron chi connectivity index (χ1n) is 7.81. The van der Waals surface area contributed by atoms with Crippen LogP contribution in [-0.2, 0) is 14.3 Å². The lowest BCUT2D eigenvalue weighted by Crippen LogP contribution is -2.41. The second-order valence-electron chi connectivity index (χ2n) is 6.30. The van der Waals surface area contributed by atoms with E-state index in [1.807, 2.05) is 26.8 Å². The summed E-state index contributed by atoms with van der Waals surface area (Å²) >= 11 is 0. The molecule has 1 heterocycles. The van der Waals surface area contributed by atoms with E-state index in [1.165, 1.54) is 6.08 Å². The van der Waals surface area contributed by atoms with Gasteiger partial charge in [-0.2, -0.15) is 0 Å². The molecule has 0 aromatic heterocycles. The fourth-order valence-electron chi connectivity index (χ4n) is 2.15. The molecule has 1 aliphatic heterocycles. The van der Waals surface area contributed by atoms with Crippen molar-refractivity contribution in [1.82, 2.24) is 4.90 Å². The number of rotatable bonds is 4. The molecule has 1 amide bonds. The normalized spacial score (nSPS) is 17.2. The van der Waals surface area contributed by atoms with Gasteiger partial charge in [0.05, 0.1) is 6.61 Å². The molecule has 0 radical (unpaired) electrons. The highest BCUT2D eigenvalue weighted by molar-refractivity contribution is 5.82. The maximum absolute atomic E-state index is 11.9. The zero-order valence-electron chi connectivity index (χ0n) is 14.0. The van der Waals surface area contributed by atoms with Crippen LogP contribution in [0.2, 0.25) is 0 Å². The molecule has 0 aromatic rings. The van der Waals surface area contributed by atoms with Gasteiger partial charge in [0.1, 0.15) is 5.60 Å². The van der Waals surface area contributed by atoms with Crippen molar-refractivity contribution in [2.24, 2.45) is 5.92 Å². The van der Waals surface area contributed by atoms with E-state index in [0.717, 1.165) is 12.8 Å². The standard InChI is InChI=1S/C17H27NO4/c1-5-21-15(19)9-7-6-8-14-10-12-18(13-11-14)16(20)22-17(2,3)4/h6-9,14H,5,10-13H2,1-4H3. The quantitative estimate of drug-likeness (QED) is 0.454. The summed E-state index contributed by atoms with van der Waals surface area (Å²) in [5.41, 5.74) is -0.453. The lowest BCUT2D eigenvalue weighted by atomic mass is 9.96. The van der Waals surface area contributed by atoms with Crippen molar-refractivity contribution in [3.8, 4) is 0 Å². The van der Waals surface area contributed by atoms with Gasteiger partial charge in [0.2, 0.25) is 0 Å². The number of allylic oxidation sites excluding steroid dienone is 3. The Bertz CT molecular complexity index is 426. The van der Waals surface area contributed by atoms with Crippen LogP contribution < -0.4 is 0 Å². The first-order valence-corrected chi connectivity index (χ1v) is 7.81. The Morgan fingerprint density at radius 2 is 1.82 bits per heavy atom. The van der Waals surface area contributed by atoms with Crippen LogP contribution in [0.25, 0.3) is 0 Å². The van der Waals surface area contributed by atoms with Crippen LogP contribution in [0.5, 0.6) is 0 Å². The van der Waals surface area contributed by atoms with Crippen LogP contribution in [0.15, 0.2) is 24.3 Å². The molecule has 0 aliphatic carbocycles. The number of hydrogen-bond acceptors (Lipinski definition) is 4. The number of carbonyl (C=O) groups excluding carboxylic acids is 2. The van der Waals surface area contributed by atoms with Crippen LogP contribution in [0.3, 0.4) is 0 Å². The van der Waals surface area contributed by atoms with E-state index in [0.29, 0.717) is 25.6 Å². The molecule has 0 aromatic carbocycles. The summed E-state index contributed by atoms with van der Waals surface area (Å²) in [5.74, 6) is 0.0948. The molecule has 0 spiro atoms. The van der Waals surface area contributed by atoms with Crippen LogP contribution in [0, 0.1) is 5.92 Å². The molecule has 5 heteroatoms. The van der Waals surface area contributed by atoms with Gasteiger partial charge >= 0.3 is 12.1 Å². The Kier molecular flexibility index (Phi) is 7.15. The summed E-state index contributed by atoms with van der Waals surface area (Å²) < 4.78 is 10.2. The average Bonchev–Trinajstić information content (AvgIpc) is 2.43. The van der Waals surface area contributed by atoms with Gasteiger partial charge in [0, 0.05) is 19.2 Å². The zero-order valence-corrected chi connectivity index (χ0v) is 14.0. The van der Waals surface area contributed by atoms with Crippen LogP contribution in [0.1, 0.15) is 40.5 Å². The van der Waals surface area contributed by atoms with Gasteiger partial charge in [-0.15, -0.1) is 0 Å². The third-order valence-electron chi connectivity index (χ3n) is 3.20. The fourth-order valence-corrected chi connectivity index (χ4v) is 2.15. The third-order valence-corrected chi connectivity index (χ3v) is 3.20. The van der Waals surface area contributed by atoms with Gasteiger partial charge in [0.15, 0.2) is 0 Å². The Morgan fingerprint density at radius 1 is 1.18 bits per heavy atom.